The molecule has 0 radical (unpaired) electrons. The van der Waals surface area contributed by atoms with Crippen molar-refractivity contribution in [1.29, 1.82) is 0 Å². The Morgan fingerprint density at radius 1 is 1.12 bits per heavy atom. The van der Waals surface area contributed by atoms with E-state index in [1.165, 1.54) is 0 Å². The molecule has 17 heavy (non-hydrogen) atoms. The third-order valence-corrected chi connectivity index (χ3v) is 2.92. The Morgan fingerprint density at radius 2 is 1.71 bits per heavy atom. The van der Waals surface area contributed by atoms with Crippen LogP contribution in [0.25, 0.3) is 0 Å². The summed E-state index contributed by atoms with van der Waals surface area (Å²) in [6.07, 6.45) is 0. The molecule has 0 spiro atoms. The molecule has 1 aliphatic rings. The van der Waals surface area contributed by atoms with Crippen LogP contribution in [0.1, 0.15) is 11.5 Å². The molecule has 3 nitrogen and oxygen atoms in total. The summed E-state index contributed by atoms with van der Waals surface area (Å²) in [7, 11) is 0. The maximum absolute atomic E-state index is 11.5. The Hall–Kier alpha value is -1.87. The van der Waals surface area contributed by atoms with Crippen LogP contribution in [0.4, 0.5) is 0 Å². The Bertz CT molecular complexity index is 522. The van der Waals surface area contributed by atoms with E-state index in [-0.39, 0.29) is 0 Å². The predicted octanol–water partition coefficient (Wildman–Crippen LogP) is 2.19. The third-order valence-electron chi connectivity index (χ3n) is 2.69. The van der Waals surface area contributed by atoms with Gasteiger partial charge in [0.1, 0.15) is 0 Å². The predicted molar refractivity (Wildman–Crippen MR) is 65.6 cm³/mol. The third kappa shape index (κ3) is 2.01. The van der Waals surface area contributed by atoms with E-state index in [2.05, 4.69) is 18.5 Å². The smallest absolute Gasteiger partial charge is 0.254 e. The molecule has 0 unspecified atom stereocenters. The van der Waals surface area contributed by atoms with Crippen LogP contribution < -0.4 is 5.32 Å². The Balaban J connectivity index is 2.48. The quantitative estimate of drug-likeness (QED) is 0.611. The van der Waals surface area contributed by atoms with Crippen LogP contribution in [0, 0.1) is 0 Å². The first-order chi connectivity index (χ1) is 8.00. The molecule has 0 aliphatic carbocycles. The largest absolute Gasteiger partial charge is 0.289 e. The van der Waals surface area contributed by atoms with Crippen LogP contribution in [0.15, 0.2) is 48.6 Å². The van der Waals surface area contributed by atoms with Gasteiger partial charge < -0.3 is 0 Å². The second kappa shape index (κ2) is 4.18. The van der Waals surface area contributed by atoms with Gasteiger partial charge in [-0.25, -0.2) is 0 Å². The Labute approximate surface area is 104 Å². The summed E-state index contributed by atoms with van der Waals surface area (Å²) in [6.45, 7) is 7.40. The molecule has 1 aliphatic heterocycles. The van der Waals surface area contributed by atoms with Gasteiger partial charge in [0.15, 0.2) is 0 Å². The highest BCUT2D eigenvalue weighted by Crippen LogP contribution is 2.34. The van der Waals surface area contributed by atoms with Crippen molar-refractivity contribution >= 4 is 23.4 Å². The average molecular weight is 248 g/mol. The normalized spacial score (nSPS) is 17.2. The van der Waals surface area contributed by atoms with E-state index in [0.717, 1.165) is 5.56 Å². The van der Waals surface area contributed by atoms with Gasteiger partial charge in [-0.3, -0.25) is 14.9 Å². The van der Waals surface area contributed by atoms with E-state index in [0.29, 0.717) is 16.2 Å². The van der Waals surface area contributed by atoms with Crippen LogP contribution in [0.3, 0.4) is 0 Å². The fourth-order valence-electron chi connectivity index (χ4n) is 1.82. The van der Waals surface area contributed by atoms with Crippen molar-refractivity contribution in [3.63, 3.8) is 0 Å². The van der Waals surface area contributed by atoms with Crippen LogP contribution in [0.5, 0.6) is 0 Å². The van der Waals surface area contributed by atoms with Gasteiger partial charge in [-0.2, -0.15) is 0 Å². The number of nitrogens with one attached hydrogen (secondary N) is 1. The van der Waals surface area contributed by atoms with E-state index >= 15 is 0 Å². The zero-order valence-electron chi connectivity index (χ0n) is 9.00. The lowest BCUT2D eigenvalue weighted by atomic mass is 9.83. The highest BCUT2D eigenvalue weighted by molar-refractivity contribution is 6.30. The second-order valence-corrected chi connectivity index (χ2v) is 4.26. The number of piperidine rings is 1. The molecule has 0 bridgehead atoms. The second-order valence-electron chi connectivity index (χ2n) is 3.82. The summed E-state index contributed by atoms with van der Waals surface area (Å²) >= 11 is 5.89. The molecule has 0 aromatic heterocycles. The minimum atomic E-state index is -0.491. The van der Waals surface area contributed by atoms with Crippen LogP contribution in [-0.2, 0) is 9.59 Å². The molecule has 1 saturated heterocycles. The highest BCUT2D eigenvalue weighted by atomic mass is 35.5. The lowest BCUT2D eigenvalue weighted by Gasteiger charge is -2.25. The number of benzene rings is 1. The van der Waals surface area contributed by atoms with Crippen molar-refractivity contribution < 1.29 is 9.59 Å². The SMILES string of the molecule is C=C1C(=O)NC(=O)C(=C)C1c1cccc(Cl)c1. The standard InChI is InChI=1S/C13H10ClNO2/c1-7-11(8(2)13(17)15-12(7)16)9-4-3-5-10(14)6-9/h3-6,11H,1-2H2,(H,15,16,17). The zero-order chi connectivity index (χ0) is 12.6. The van der Waals surface area contributed by atoms with Gasteiger partial charge in [-0.15, -0.1) is 0 Å². The average Bonchev–Trinajstić information content (AvgIpc) is 2.27. The van der Waals surface area contributed by atoms with Crippen molar-refractivity contribution in [2.75, 3.05) is 0 Å². The molecule has 86 valence electrons. The number of halogens is 1. The summed E-state index contributed by atoms with van der Waals surface area (Å²) in [4.78, 5) is 23.0. The minimum absolute atomic E-state index is 0.303. The first-order valence-electron chi connectivity index (χ1n) is 4.99. The molecule has 0 atom stereocenters. The van der Waals surface area contributed by atoms with Gasteiger partial charge in [0.05, 0.1) is 0 Å². The summed E-state index contributed by atoms with van der Waals surface area (Å²) in [5, 5.41) is 2.73. The van der Waals surface area contributed by atoms with E-state index in [1.807, 2.05) is 0 Å². The summed E-state index contributed by atoms with van der Waals surface area (Å²) in [6, 6.07) is 6.98. The molecule has 1 aromatic carbocycles. The van der Waals surface area contributed by atoms with Gasteiger partial charge in [0, 0.05) is 22.1 Å². The Morgan fingerprint density at radius 3 is 2.24 bits per heavy atom. The Kier molecular flexibility index (Phi) is 2.86. The van der Waals surface area contributed by atoms with Crippen LogP contribution in [-0.4, -0.2) is 11.8 Å². The number of hydrogen-bond acceptors (Lipinski definition) is 2. The zero-order valence-corrected chi connectivity index (χ0v) is 9.75. The molecule has 2 amide bonds. The van der Waals surface area contributed by atoms with Crippen LogP contribution in [0.2, 0.25) is 5.02 Å². The van der Waals surface area contributed by atoms with E-state index in [9.17, 15) is 9.59 Å². The number of hydrogen-bond donors (Lipinski definition) is 1. The lowest BCUT2D eigenvalue weighted by molar-refractivity contribution is -0.127. The molecular formula is C13H10ClNO2. The molecule has 4 heteroatoms. The van der Waals surface area contributed by atoms with Gasteiger partial charge >= 0.3 is 0 Å². The number of rotatable bonds is 1. The van der Waals surface area contributed by atoms with Crippen molar-refractivity contribution in [1.82, 2.24) is 5.32 Å². The number of amides is 2. The maximum atomic E-state index is 11.5. The minimum Gasteiger partial charge on any atom is -0.289 e. The summed E-state index contributed by atoms with van der Waals surface area (Å²) in [5.41, 5.74) is 1.35. The van der Waals surface area contributed by atoms with Gasteiger partial charge in [-0.05, 0) is 17.7 Å². The van der Waals surface area contributed by atoms with E-state index in [4.69, 9.17) is 11.6 Å². The maximum Gasteiger partial charge on any atom is 0.254 e. The number of carbonyl (C=O) groups is 2. The van der Waals surface area contributed by atoms with Crippen molar-refractivity contribution in [2.24, 2.45) is 0 Å². The van der Waals surface area contributed by atoms with Gasteiger partial charge in [0.2, 0.25) is 0 Å². The first-order valence-corrected chi connectivity index (χ1v) is 5.37. The molecule has 0 saturated carbocycles. The first kappa shape index (κ1) is 11.6. The van der Waals surface area contributed by atoms with Crippen molar-refractivity contribution in [2.45, 2.75) is 5.92 Å². The van der Waals surface area contributed by atoms with Crippen molar-refractivity contribution in [3.05, 3.63) is 59.2 Å². The van der Waals surface area contributed by atoms with Crippen LogP contribution >= 0.6 is 11.6 Å². The highest BCUT2D eigenvalue weighted by Gasteiger charge is 2.33. The number of carbonyl (C=O) groups excluding carboxylic acids is 2. The fourth-order valence-corrected chi connectivity index (χ4v) is 2.02. The summed E-state index contributed by atoms with van der Waals surface area (Å²) in [5.74, 6) is -1.42. The molecule has 1 N–H and O–H groups in total. The van der Waals surface area contributed by atoms with E-state index in [1.54, 1.807) is 24.3 Å². The fraction of sp³-hybridized carbons (Fsp3) is 0.0769. The van der Waals surface area contributed by atoms with Crippen molar-refractivity contribution in [3.8, 4) is 0 Å². The monoisotopic (exact) mass is 247 g/mol. The molecule has 1 aromatic rings. The molecular weight excluding hydrogens is 238 g/mol. The topological polar surface area (TPSA) is 46.2 Å². The lowest BCUT2D eigenvalue weighted by Crippen LogP contribution is -2.41. The van der Waals surface area contributed by atoms with E-state index < -0.39 is 17.7 Å². The molecule has 1 fully saturated rings. The molecule has 2 rings (SSSR count). The van der Waals surface area contributed by atoms with Gasteiger partial charge in [0.25, 0.3) is 11.8 Å². The summed E-state index contributed by atoms with van der Waals surface area (Å²) < 4.78 is 0. The number of imide groups is 1. The van der Waals surface area contributed by atoms with Gasteiger partial charge in [-0.1, -0.05) is 36.9 Å². The molecule has 1 heterocycles.